The molecule has 0 saturated heterocycles. The maximum Gasteiger partial charge on any atom is 0.322 e. The van der Waals surface area contributed by atoms with Crippen LogP contribution in [0.15, 0.2) is 6.20 Å². The lowest BCUT2D eigenvalue weighted by Gasteiger charge is -2.18. The summed E-state index contributed by atoms with van der Waals surface area (Å²) in [6, 6.07) is -0.243. The van der Waals surface area contributed by atoms with Crippen molar-refractivity contribution in [2.24, 2.45) is 7.05 Å². The summed E-state index contributed by atoms with van der Waals surface area (Å²) >= 11 is 0. The van der Waals surface area contributed by atoms with Crippen LogP contribution >= 0.6 is 0 Å². The topological polar surface area (TPSA) is 56.1 Å². The lowest BCUT2D eigenvalue weighted by molar-refractivity contribution is -0.145. The van der Waals surface area contributed by atoms with Crippen molar-refractivity contribution in [3.8, 4) is 0 Å². The number of ether oxygens (including phenoxy) is 1. The monoisotopic (exact) mass is 239 g/mol. The number of carbonyl (C=O) groups is 1. The minimum Gasteiger partial charge on any atom is -0.465 e. The molecule has 96 valence electrons. The van der Waals surface area contributed by atoms with Crippen molar-refractivity contribution in [2.75, 3.05) is 6.61 Å². The van der Waals surface area contributed by atoms with Crippen LogP contribution in [0.5, 0.6) is 0 Å². The predicted octanol–water partition coefficient (Wildman–Crippen LogP) is 1.33. The van der Waals surface area contributed by atoms with Crippen molar-refractivity contribution in [2.45, 2.75) is 39.8 Å². The smallest absolute Gasteiger partial charge is 0.322 e. The predicted molar refractivity (Wildman–Crippen MR) is 65.6 cm³/mol. The molecule has 0 radical (unpaired) electrons. The highest BCUT2D eigenvalue weighted by atomic mass is 16.5. The summed E-state index contributed by atoms with van der Waals surface area (Å²) in [6.45, 7) is 7.99. The van der Waals surface area contributed by atoms with Crippen molar-refractivity contribution in [1.29, 1.82) is 0 Å². The van der Waals surface area contributed by atoms with Gasteiger partial charge in [-0.25, -0.2) is 0 Å². The van der Waals surface area contributed by atoms with Crippen LogP contribution in [0.1, 0.15) is 38.1 Å². The molecule has 2 unspecified atom stereocenters. The van der Waals surface area contributed by atoms with Crippen LogP contribution in [0.3, 0.4) is 0 Å². The van der Waals surface area contributed by atoms with Gasteiger partial charge in [-0.05, 0) is 27.7 Å². The first-order valence-corrected chi connectivity index (χ1v) is 5.88. The lowest BCUT2D eigenvalue weighted by atomic mass is 10.1. The normalized spacial score (nSPS) is 14.4. The van der Waals surface area contributed by atoms with Gasteiger partial charge in [-0.3, -0.25) is 14.8 Å². The Morgan fingerprint density at radius 1 is 1.59 bits per heavy atom. The third-order valence-electron chi connectivity index (χ3n) is 2.66. The Kier molecular flexibility index (Phi) is 4.69. The first kappa shape index (κ1) is 13.7. The molecule has 1 aromatic rings. The number of nitrogens with one attached hydrogen (secondary N) is 1. The zero-order valence-electron chi connectivity index (χ0n) is 11.2. The Hall–Kier alpha value is -1.36. The van der Waals surface area contributed by atoms with E-state index in [9.17, 15) is 4.79 Å². The molecule has 0 aromatic carbocycles. The third kappa shape index (κ3) is 3.56. The molecule has 1 aromatic heterocycles. The summed E-state index contributed by atoms with van der Waals surface area (Å²) in [4.78, 5) is 11.5. The van der Waals surface area contributed by atoms with Gasteiger partial charge in [0.05, 0.1) is 12.3 Å². The van der Waals surface area contributed by atoms with Crippen molar-refractivity contribution in [3.05, 3.63) is 17.5 Å². The Bertz CT molecular complexity index is 387. The first-order valence-electron chi connectivity index (χ1n) is 5.88. The van der Waals surface area contributed by atoms with Crippen molar-refractivity contribution in [1.82, 2.24) is 15.1 Å². The molecule has 17 heavy (non-hydrogen) atoms. The van der Waals surface area contributed by atoms with E-state index in [1.807, 2.05) is 27.1 Å². The van der Waals surface area contributed by atoms with Gasteiger partial charge in [0.2, 0.25) is 0 Å². The molecule has 0 aliphatic heterocycles. The number of esters is 1. The SMILES string of the molecule is CCOC(=O)C(C)NC(C)c1cn(C)nc1C. The largest absolute Gasteiger partial charge is 0.465 e. The minimum atomic E-state index is -0.315. The number of aromatic nitrogens is 2. The van der Waals surface area contributed by atoms with Crippen molar-refractivity contribution in [3.63, 3.8) is 0 Å². The second-order valence-electron chi connectivity index (χ2n) is 4.21. The molecule has 0 amide bonds. The van der Waals surface area contributed by atoms with Crippen LogP contribution < -0.4 is 5.32 Å². The highest BCUT2D eigenvalue weighted by molar-refractivity contribution is 5.75. The van der Waals surface area contributed by atoms with E-state index in [0.29, 0.717) is 6.61 Å². The van der Waals surface area contributed by atoms with Gasteiger partial charge in [0.15, 0.2) is 0 Å². The molecule has 0 saturated carbocycles. The molecule has 2 atom stereocenters. The fraction of sp³-hybridized carbons (Fsp3) is 0.667. The molecule has 1 N–H and O–H groups in total. The van der Waals surface area contributed by atoms with Crippen molar-refractivity contribution < 1.29 is 9.53 Å². The molecule has 0 fully saturated rings. The summed E-state index contributed by atoms with van der Waals surface area (Å²) < 4.78 is 6.73. The quantitative estimate of drug-likeness (QED) is 0.788. The van der Waals surface area contributed by atoms with E-state index in [1.54, 1.807) is 18.5 Å². The Morgan fingerprint density at radius 2 is 2.24 bits per heavy atom. The van der Waals surface area contributed by atoms with Gasteiger partial charge >= 0.3 is 5.97 Å². The highest BCUT2D eigenvalue weighted by Crippen LogP contribution is 2.16. The molecule has 0 aliphatic rings. The van der Waals surface area contributed by atoms with Crippen LogP contribution in [0.2, 0.25) is 0 Å². The first-order chi connectivity index (χ1) is 7.95. The number of rotatable bonds is 5. The van der Waals surface area contributed by atoms with Gasteiger partial charge in [-0.15, -0.1) is 0 Å². The van der Waals surface area contributed by atoms with E-state index < -0.39 is 0 Å². The average Bonchev–Trinajstić information content (AvgIpc) is 2.58. The van der Waals surface area contributed by atoms with Crippen LogP contribution in [0.4, 0.5) is 0 Å². The average molecular weight is 239 g/mol. The second-order valence-corrected chi connectivity index (χ2v) is 4.21. The Labute approximate surface area is 102 Å². The maximum absolute atomic E-state index is 11.5. The number of hydrogen-bond acceptors (Lipinski definition) is 4. The summed E-state index contributed by atoms with van der Waals surface area (Å²) in [5.41, 5.74) is 2.08. The number of carbonyl (C=O) groups excluding carboxylic acids is 1. The van der Waals surface area contributed by atoms with Gasteiger partial charge < -0.3 is 4.74 Å². The van der Waals surface area contributed by atoms with Crippen LogP contribution in [-0.4, -0.2) is 28.4 Å². The van der Waals surface area contributed by atoms with Crippen LogP contribution in [-0.2, 0) is 16.6 Å². The van der Waals surface area contributed by atoms with E-state index >= 15 is 0 Å². The minimum absolute atomic E-state index is 0.0723. The Balaban J connectivity index is 2.63. The molecule has 0 spiro atoms. The summed E-state index contributed by atoms with van der Waals surface area (Å²) in [6.07, 6.45) is 1.96. The standard InChI is InChI=1S/C12H21N3O2/c1-6-17-12(16)10(4)13-8(2)11-7-15(5)14-9(11)3/h7-8,10,13H,6H2,1-5H3. The van der Waals surface area contributed by atoms with Gasteiger partial charge in [0, 0.05) is 24.8 Å². The van der Waals surface area contributed by atoms with Crippen LogP contribution in [0, 0.1) is 6.92 Å². The van der Waals surface area contributed by atoms with Gasteiger partial charge in [-0.1, -0.05) is 0 Å². The number of nitrogens with zero attached hydrogens (tertiary/aromatic N) is 2. The molecule has 1 rings (SSSR count). The van der Waals surface area contributed by atoms with Crippen molar-refractivity contribution >= 4 is 5.97 Å². The number of hydrogen-bond donors (Lipinski definition) is 1. The summed E-state index contributed by atoms with van der Waals surface area (Å²) in [7, 11) is 1.89. The molecular formula is C12H21N3O2. The second kappa shape index (κ2) is 5.82. The molecule has 0 bridgehead atoms. The summed E-state index contributed by atoms with van der Waals surface area (Å²) in [5, 5.41) is 7.49. The van der Waals surface area contributed by atoms with Crippen LogP contribution in [0.25, 0.3) is 0 Å². The Morgan fingerprint density at radius 3 is 2.71 bits per heavy atom. The van der Waals surface area contributed by atoms with E-state index in [-0.39, 0.29) is 18.1 Å². The zero-order valence-corrected chi connectivity index (χ0v) is 11.2. The van der Waals surface area contributed by atoms with Gasteiger partial charge in [-0.2, -0.15) is 5.10 Å². The third-order valence-corrected chi connectivity index (χ3v) is 2.66. The molecule has 5 nitrogen and oxygen atoms in total. The van der Waals surface area contributed by atoms with Gasteiger partial charge in [0.25, 0.3) is 0 Å². The highest BCUT2D eigenvalue weighted by Gasteiger charge is 2.19. The van der Waals surface area contributed by atoms with E-state index in [4.69, 9.17) is 4.74 Å². The lowest BCUT2D eigenvalue weighted by Crippen LogP contribution is -2.37. The van der Waals surface area contributed by atoms with E-state index in [1.165, 1.54) is 0 Å². The molecule has 0 aliphatic carbocycles. The van der Waals surface area contributed by atoms with E-state index in [0.717, 1.165) is 11.3 Å². The fourth-order valence-electron chi connectivity index (χ4n) is 1.84. The molecular weight excluding hydrogens is 218 g/mol. The van der Waals surface area contributed by atoms with Gasteiger partial charge in [0.1, 0.15) is 6.04 Å². The van der Waals surface area contributed by atoms with E-state index in [2.05, 4.69) is 10.4 Å². The fourth-order valence-corrected chi connectivity index (χ4v) is 1.84. The molecule has 1 heterocycles. The number of aryl methyl sites for hydroxylation is 2. The molecule has 5 heteroatoms. The zero-order chi connectivity index (χ0) is 13.0. The summed E-state index contributed by atoms with van der Waals surface area (Å²) in [5.74, 6) is -0.221. The maximum atomic E-state index is 11.5.